The van der Waals surface area contributed by atoms with Gasteiger partial charge in [0.2, 0.25) is 6.43 Å². The molecule has 0 radical (unpaired) electrons. The van der Waals surface area contributed by atoms with Crippen molar-refractivity contribution in [2.24, 2.45) is 11.3 Å². The highest BCUT2D eigenvalue weighted by atomic mass is 19.3. The summed E-state index contributed by atoms with van der Waals surface area (Å²) in [6.07, 6.45) is 0.535. The van der Waals surface area contributed by atoms with E-state index in [1.807, 2.05) is 0 Å². The largest absolute Gasteiger partial charge is 0.302 e. The van der Waals surface area contributed by atoms with Gasteiger partial charge in [-0.1, -0.05) is 6.92 Å². The second kappa shape index (κ2) is 3.19. The molecule has 1 unspecified atom stereocenters. The molecule has 0 aromatic carbocycles. The van der Waals surface area contributed by atoms with Crippen LogP contribution < -0.4 is 0 Å². The lowest BCUT2D eigenvalue weighted by Gasteiger charge is -2.22. The summed E-state index contributed by atoms with van der Waals surface area (Å²) >= 11 is 0. The smallest absolute Gasteiger partial charge is 0.245 e. The number of halogens is 2. The van der Waals surface area contributed by atoms with Gasteiger partial charge in [-0.25, -0.2) is 8.78 Å². The third-order valence-electron chi connectivity index (χ3n) is 3.40. The van der Waals surface area contributed by atoms with Gasteiger partial charge in [0.05, 0.1) is 0 Å². The molecule has 1 heterocycles. The van der Waals surface area contributed by atoms with E-state index in [4.69, 9.17) is 0 Å². The number of rotatable bonds is 3. The molecule has 1 saturated heterocycles. The van der Waals surface area contributed by atoms with E-state index in [9.17, 15) is 8.78 Å². The van der Waals surface area contributed by atoms with Gasteiger partial charge in [-0.3, -0.25) is 0 Å². The highest BCUT2D eigenvalue weighted by Crippen LogP contribution is 2.51. The number of likely N-dealkylation sites (tertiary alicyclic amines) is 1. The second-order valence-corrected chi connectivity index (χ2v) is 4.79. The van der Waals surface area contributed by atoms with Crippen molar-refractivity contribution in [3.05, 3.63) is 0 Å². The lowest BCUT2D eigenvalue weighted by atomic mass is 10.1. The molecule has 1 aliphatic heterocycles. The molecule has 2 aliphatic rings. The molecule has 1 atom stereocenters. The summed E-state index contributed by atoms with van der Waals surface area (Å²) in [5, 5.41) is 0. The Labute approximate surface area is 78.1 Å². The first-order valence-corrected chi connectivity index (χ1v) is 5.13. The lowest BCUT2D eigenvalue weighted by molar-refractivity contribution is 0.0406. The minimum absolute atomic E-state index is 0.607. The predicted octanol–water partition coefficient (Wildman–Crippen LogP) is 2.37. The molecule has 0 aromatic rings. The average molecular weight is 189 g/mol. The van der Waals surface area contributed by atoms with E-state index in [1.54, 1.807) is 0 Å². The first-order chi connectivity index (χ1) is 6.12. The lowest BCUT2D eigenvalue weighted by Crippen LogP contribution is -2.32. The van der Waals surface area contributed by atoms with Crippen molar-refractivity contribution in [2.75, 3.05) is 19.6 Å². The Kier molecular flexibility index (Phi) is 2.30. The first kappa shape index (κ1) is 9.38. The predicted molar refractivity (Wildman–Crippen MR) is 47.9 cm³/mol. The minimum atomic E-state index is -2.11. The molecule has 1 saturated carbocycles. The molecular formula is C10H17F2N. The minimum Gasteiger partial charge on any atom is -0.302 e. The van der Waals surface area contributed by atoms with Gasteiger partial charge < -0.3 is 4.90 Å². The van der Waals surface area contributed by atoms with E-state index in [0.717, 1.165) is 25.9 Å². The zero-order chi connectivity index (χ0) is 9.47. The molecule has 0 spiro atoms. The van der Waals surface area contributed by atoms with Crippen LogP contribution in [0.1, 0.15) is 26.2 Å². The van der Waals surface area contributed by atoms with Crippen molar-refractivity contribution in [3.63, 3.8) is 0 Å². The maximum atomic E-state index is 12.6. The fraction of sp³-hybridized carbons (Fsp3) is 1.00. The molecule has 2 rings (SSSR count). The van der Waals surface area contributed by atoms with Gasteiger partial charge in [-0.05, 0) is 31.7 Å². The van der Waals surface area contributed by atoms with Crippen LogP contribution in [0.25, 0.3) is 0 Å². The fourth-order valence-corrected chi connectivity index (χ4v) is 2.22. The van der Waals surface area contributed by atoms with Crippen molar-refractivity contribution < 1.29 is 8.78 Å². The van der Waals surface area contributed by atoms with Crippen LogP contribution in [-0.2, 0) is 0 Å². The third-order valence-corrected chi connectivity index (χ3v) is 3.40. The van der Waals surface area contributed by atoms with Crippen molar-refractivity contribution in [3.8, 4) is 0 Å². The summed E-state index contributed by atoms with van der Waals surface area (Å²) in [5.74, 6) is 0.702. The molecule has 0 bridgehead atoms. The Morgan fingerprint density at radius 1 is 1.46 bits per heavy atom. The Morgan fingerprint density at radius 2 is 2.15 bits per heavy atom. The van der Waals surface area contributed by atoms with Crippen LogP contribution in [0.4, 0.5) is 8.78 Å². The van der Waals surface area contributed by atoms with Gasteiger partial charge in [0.25, 0.3) is 0 Å². The van der Waals surface area contributed by atoms with E-state index < -0.39 is 11.8 Å². The standard InChI is InChI=1S/C10H17F2N/c1-8-2-5-13(6-8)7-10(3-4-10)9(11)12/h8-9H,2-7H2,1H3. The quantitative estimate of drug-likeness (QED) is 0.659. The molecule has 1 nitrogen and oxygen atoms in total. The van der Waals surface area contributed by atoms with Crippen LogP contribution in [0.2, 0.25) is 0 Å². The van der Waals surface area contributed by atoms with Crippen LogP contribution in [-0.4, -0.2) is 31.0 Å². The van der Waals surface area contributed by atoms with Crippen molar-refractivity contribution in [1.29, 1.82) is 0 Å². The van der Waals surface area contributed by atoms with Gasteiger partial charge in [-0.15, -0.1) is 0 Å². The summed E-state index contributed by atoms with van der Waals surface area (Å²) in [5.41, 5.74) is -0.607. The normalized spacial score (nSPS) is 32.8. The van der Waals surface area contributed by atoms with E-state index >= 15 is 0 Å². The molecule has 0 amide bonds. The zero-order valence-electron chi connectivity index (χ0n) is 8.10. The van der Waals surface area contributed by atoms with Crippen LogP contribution in [0.3, 0.4) is 0 Å². The molecule has 13 heavy (non-hydrogen) atoms. The van der Waals surface area contributed by atoms with E-state index in [1.165, 1.54) is 6.42 Å². The average Bonchev–Trinajstić information content (AvgIpc) is 2.72. The van der Waals surface area contributed by atoms with Crippen molar-refractivity contribution in [1.82, 2.24) is 4.90 Å². The van der Waals surface area contributed by atoms with Gasteiger partial charge in [0, 0.05) is 18.5 Å². The van der Waals surface area contributed by atoms with Crippen molar-refractivity contribution in [2.45, 2.75) is 32.6 Å². The highest BCUT2D eigenvalue weighted by Gasteiger charge is 2.52. The van der Waals surface area contributed by atoms with Gasteiger partial charge in [-0.2, -0.15) is 0 Å². The number of nitrogens with zero attached hydrogens (tertiary/aromatic N) is 1. The van der Waals surface area contributed by atoms with E-state index in [0.29, 0.717) is 12.5 Å². The summed E-state index contributed by atoms with van der Waals surface area (Å²) in [6, 6.07) is 0. The van der Waals surface area contributed by atoms with Gasteiger partial charge in [0.15, 0.2) is 0 Å². The highest BCUT2D eigenvalue weighted by molar-refractivity contribution is 4.98. The zero-order valence-corrected chi connectivity index (χ0v) is 8.10. The molecule has 2 fully saturated rings. The van der Waals surface area contributed by atoms with Gasteiger partial charge >= 0.3 is 0 Å². The molecule has 3 heteroatoms. The molecular weight excluding hydrogens is 172 g/mol. The first-order valence-electron chi connectivity index (χ1n) is 5.13. The SMILES string of the molecule is CC1CCN(CC2(C(F)F)CC2)C1. The molecule has 76 valence electrons. The summed E-state index contributed by atoms with van der Waals surface area (Å²) in [6.45, 7) is 4.88. The van der Waals surface area contributed by atoms with Crippen LogP contribution >= 0.6 is 0 Å². The summed E-state index contributed by atoms with van der Waals surface area (Å²) in [4.78, 5) is 2.21. The maximum Gasteiger partial charge on any atom is 0.245 e. The van der Waals surface area contributed by atoms with Crippen LogP contribution in [0.15, 0.2) is 0 Å². The van der Waals surface area contributed by atoms with E-state index in [2.05, 4.69) is 11.8 Å². The molecule has 0 N–H and O–H groups in total. The van der Waals surface area contributed by atoms with E-state index in [-0.39, 0.29) is 0 Å². The Bertz CT molecular complexity index is 189. The Balaban J connectivity index is 1.84. The van der Waals surface area contributed by atoms with Crippen LogP contribution in [0.5, 0.6) is 0 Å². The van der Waals surface area contributed by atoms with Crippen LogP contribution in [0, 0.1) is 11.3 Å². The second-order valence-electron chi connectivity index (χ2n) is 4.79. The number of hydrogen-bond donors (Lipinski definition) is 0. The Morgan fingerprint density at radius 3 is 2.54 bits per heavy atom. The maximum absolute atomic E-state index is 12.6. The Hall–Kier alpha value is -0.180. The topological polar surface area (TPSA) is 3.24 Å². The number of hydrogen-bond acceptors (Lipinski definition) is 1. The number of alkyl halides is 2. The van der Waals surface area contributed by atoms with Crippen molar-refractivity contribution >= 4 is 0 Å². The van der Waals surface area contributed by atoms with Gasteiger partial charge in [0.1, 0.15) is 0 Å². The monoisotopic (exact) mass is 189 g/mol. The summed E-state index contributed by atoms with van der Waals surface area (Å²) in [7, 11) is 0. The molecule has 0 aromatic heterocycles. The fourth-order valence-electron chi connectivity index (χ4n) is 2.22. The third kappa shape index (κ3) is 1.85. The summed E-state index contributed by atoms with van der Waals surface area (Å²) < 4.78 is 25.2. The molecule has 1 aliphatic carbocycles.